The molecule has 138 valence electrons. The Kier molecular flexibility index (Phi) is 5.65. The first-order valence-corrected chi connectivity index (χ1v) is 8.35. The van der Waals surface area contributed by atoms with Crippen molar-refractivity contribution in [3.05, 3.63) is 42.3 Å². The molecule has 8 nitrogen and oxygen atoms in total. The molecule has 3 rings (SSSR count). The van der Waals surface area contributed by atoms with Gasteiger partial charge < -0.3 is 19.2 Å². The number of carboxylic acids is 1. The van der Waals surface area contributed by atoms with E-state index in [0.29, 0.717) is 32.1 Å². The molecular formula is C18H21N3O5. The van der Waals surface area contributed by atoms with Gasteiger partial charge >= 0.3 is 5.97 Å². The highest BCUT2D eigenvalue weighted by molar-refractivity contribution is 5.92. The number of likely N-dealkylation sites (N-methyl/N-ethyl adjacent to an activating group) is 1. The smallest absolute Gasteiger partial charge is 0.317 e. The van der Waals surface area contributed by atoms with E-state index in [0.717, 1.165) is 5.56 Å². The van der Waals surface area contributed by atoms with Crippen LogP contribution in [0.2, 0.25) is 0 Å². The number of ether oxygens (including phenoxy) is 1. The molecule has 1 saturated heterocycles. The fraction of sp³-hybridized carbons (Fsp3) is 0.389. The normalized spacial score (nSPS) is 17.5. The fourth-order valence-corrected chi connectivity index (χ4v) is 2.90. The molecule has 1 aliphatic rings. The molecule has 1 aromatic carbocycles. The number of hydrogen-bond acceptors (Lipinski definition) is 6. The lowest BCUT2D eigenvalue weighted by Gasteiger charge is -2.34. The van der Waals surface area contributed by atoms with E-state index in [2.05, 4.69) is 4.98 Å². The summed E-state index contributed by atoms with van der Waals surface area (Å²) in [7, 11) is 1.71. The van der Waals surface area contributed by atoms with E-state index in [1.165, 1.54) is 6.26 Å². The van der Waals surface area contributed by atoms with E-state index in [1.54, 1.807) is 16.8 Å². The number of carbonyl (C=O) groups is 2. The quantitative estimate of drug-likeness (QED) is 0.828. The lowest BCUT2D eigenvalue weighted by Crippen LogP contribution is -2.49. The Bertz CT molecular complexity index is 761. The fourth-order valence-electron chi connectivity index (χ4n) is 2.90. The van der Waals surface area contributed by atoms with Crippen molar-refractivity contribution in [3.8, 4) is 11.5 Å². The van der Waals surface area contributed by atoms with E-state index in [1.807, 2.05) is 30.3 Å². The van der Waals surface area contributed by atoms with Crippen molar-refractivity contribution in [2.75, 3.05) is 39.8 Å². The van der Waals surface area contributed by atoms with Gasteiger partial charge in [0.15, 0.2) is 5.69 Å². The SMILES string of the molecule is CN(CC(=O)O)CC1CN(C(=O)c2coc(-c3ccccc3)n2)CCO1. The first kappa shape index (κ1) is 18.1. The summed E-state index contributed by atoms with van der Waals surface area (Å²) in [6.45, 7) is 1.62. The molecule has 1 fully saturated rings. The van der Waals surface area contributed by atoms with Gasteiger partial charge in [-0.25, -0.2) is 4.98 Å². The number of rotatable bonds is 6. The second-order valence-corrected chi connectivity index (χ2v) is 6.24. The van der Waals surface area contributed by atoms with Gasteiger partial charge in [-0.05, 0) is 19.2 Å². The number of morpholine rings is 1. The van der Waals surface area contributed by atoms with Crippen LogP contribution >= 0.6 is 0 Å². The summed E-state index contributed by atoms with van der Waals surface area (Å²) in [5.41, 5.74) is 1.06. The summed E-state index contributed by atoms with van der Waals surface area (Å²) in [4.78, 5) is 31.1. The number of amides is 1. The summed E-state index contributed by atoms with van der Waals surface area (Å²) in [5, 5.41) is 8.83. The number of benzene rings is 1. The minimum Gasteiger partial charge on any atom is -0.480 e. The molecule has 0 aliphatic carbocycles. The molecule has 0 radical (unpaired) electrons. The highest BCUT2D eigenvalue weighted by atomic mass is 16.5. The van der Waals surface area contributed by atoms with Crippen LogP contribution in [0.5, 0.6) is 0 Å². The van der Waals surface area contributed by atoms with Crippen molar-refractivity contribution >= 4 is 11.9 Å². The first-order valence-electron chi connectivity index (χ1n) is 8.35. The molecule has 1 aromatic heterocycles. The number of aliphatic carboxylic acids is 1. The molecule has 1 aliphatic heterocycles. The molecule has 1 N–H and O–H groups in total. The molecule has 26 heavy (non-hydrogen) atoms. The summed E-state index contributed by atoms with van der Waals surface area (Å²) in [6.07, 6.45) is 1.13. The summed E-state index contributed by atoms with van der Waals surface area (Å²) < 4.78 is 11.1. The van der Waals surface area contributed by atoms with Crippen LogP contribution in [-0.2, 0) is 9.53 Å². The molecule has 0 spiro atoms. The largest absolute Gasteiger partial charge is 0.480 e. The molecule has 2 aromatic rings. The predicted octanol–water partition coefficient (Wildman–Crippen LogP) is 1.20. The van der Waals surface area contributed by atoms with Crippen molar-refractivity contribution in [1.29, 1.82) is 0 Å². The molecule has 0 bridgehead atoms. The van der Waals surface area contributed by atoms with Gasteiger partial charge in [0.05, 0.1) is 19.3 Å². The van der Waals surface area contributed by atoms with E-state index < -0.39 is 5.97 Å². The van der Waals surface area contributed by atoms with Crippen LogP contribution in [0.3, 0.4) is 0 Å². The Morgan fingerprint density at radius 2 is 2.12 bits per heavy atom. The maximum absolute atomic E-state index is 12.7. The van der Waals surface area contributed by atoms with E-state index >= 15 is 0 Å². The second-order valence-electron chi connectivity index (χ2n) is 6.24. The van der Waals surface area contributed by atoms with Gasteiger partial charge in [0.1, 0.15) is 6.26 Å². The molecular weight excluding hydrogens is 338 g/mol. The zero-order valence-electron chi connectivity index (χ0n) is 14.5. The van der Waals surface area contributed by atoms with Gasteiger partial charge in [-0.1, -0.05) is 18.2 Å². The molecule has 1 unspecified atom stereocenters. The van der Waals surface area contributed by atoms with Gasteiger partial charge in [0.25, 0.3) is 5.91 Å². The first-order chi connectivity index (χ1) is 12.5. The van der Waals surface area contributed by atoms with Crippen LogP contribution in [-0.4, -0.2) is 77.7 Å². The number of carbonyl (C=O) groups excluding carboxylic acids is 1. The van der Waals surface area contributed by atoms with E-state index in [9.17, 15) is 9.59 Å². The number of aromatic nitrogens is 1. The Balaban J connectivity index is 1.62. The molecule has 0 saturated carbocycles. The minimum absolute atomic E-state index is 0.0719. The van der Waals surface area contributed by atoms with Crippen molar-refractivity contribution < 1.29 is 23.8 Å². The van der Waals surface area contributed by atoms with Crippen LogP contribution in [0.1, 0.15) is 10.5 Å². The summed E-state index contributed by atoms with van der Waals surface area (Å²) in [5.74, 6) is -0.711. The van der Waals surface area contributed by atoms with Crippen LogP contribution < -0.4 is 0 Å². The number of oxazole rings is 1. The van der Waals surface area contributed by atoms with Gasteiger partial charge in [0, 0.05) is 25.2 Å². The third-order valence-electron chi connectivity index (χ3n) is 4.09. The highest BCUT2D eigenvalue weighted by Crippen LogP contribution is 2.19. The van der Waals surface area contributed by atoms with Crippen LogP contribution in [0.25, 0.3) is 11.5 Å². The van der Waals surface area contributed by atoms with Crippen molar-refractivity contribution in [2.24, 2.45) is 0 Å². The Hall–Kier alpha value is -2.71. The van der Waals surface area contributed by atoms with Crippen LogP contribution in [0, 0.1) is 0 Å². The van der Waals surface area contributed by atoms with Crippen molar-refractivity contribution in [2.45, 2.75) is 6.10 Å². The third kappa shape index (κ3) is 4.47. The summed E-state index contributed by atoms with van der Waals surface area (Å²) >= 11 is 0. The van der Waals surface area contributed by atoms with Gasteiger partial charge in [-0.2, -0.15) is 0 Å². The predicted molar refractivity (Wildman–Crippen MR) is 92.7 cm³/mol. The number of nitrogens with zero attached hydrogens (tertiary/aromatic N) is 3. The Morgan fingerprint density at radius 1 is 1.35 bits per heavy atom. The highest BCUT2D eigenvalue weighted by Gasteiger charge is 2.28. The second kappa shape index (κ2) is 8.11. The maximum atomic E-state index is 12.7. The standard InChI is InChI=1S/C18H21N3O5/c1-20(11-16(22)23)9-14-10-21(7-8-25-14)18(24)15-12-26-17(19-15)13-5-3-2-4-6-13/h2-6,12,14H,7-11H2,1H3,(H,22,23). The number of carboxylic acid groups (broad SMARTS) is 1. The lowest BCUT2D eigenvalue weighted by atomic mass is 10.2. The van der Waals surface area contributed by atoms with Crippen molar-refractivity contribution in [1.82, 2.24) is 14.8 Å². The zero-order chi connectivity index (χ0) is 18.5. The van der Waals surface area contributed by atoms with E-state index in [-0.39, 0.29) is 24.2 Å². The zero-order valence-corrected chi connectivity index (χ0v) is 14.5. The van der Waals surface area contributed by atoms with Gasteiger partial charge in [-0.3, -0.25) is 14.5 Å². The molecule has 8 heteroatoms. The van der Waals surface area contributed by atoms with Crippen molar-refractivity contribution in [3.63, 3.8) is 0 Å². The average Bonchev–Trinajstić information content (AvgIpc) is 3.11. The minimum atomic E-state index is -0.896. The lowest BCUT2D eigenvalue weighted by molar-refractivity contribution is -0.138. The number of hydrogen-bond donors (Lipinski definition) is 1. The third-order valence-corrected chi connectivity index (χ3v) is 4.09. The topological polar surface area (TPSA) is 96.1 Å². The molecule has 2 heterocycles. The van der Waals surface area contributed by atoms with E-state index in [4.69, 9.17) is 14.3 Å². The van der Waals surface area contributed by atoms with Crippen LogP contribution in [0.15, 0.2) is 41.0 Å². The van der Waals surface area contributed by atoms with Crippen LogP contribution in [0.4, 0.5) is 0 Å². The molecule has 1 amide bonds. The average molecular weight is 359 g/mol. The molecule has 1 atom stereocenters. The maximum Gasteiger partial charge on any atom is 0.317 e. The Labute approximate surface area is 151 Å². The monoisotopic (exact) mass is 359 g/mol. The Morgan fingerprint density at radius 3 is 2.85 bits per heavy atom. The summed E-state index contributed by atoms with van der Waals surface area (Å²) in [6, 6.07) is 9.38. The van der Waals surface area contributed by atoms with Gasteiger partial charge in [-0.15, -0.1) is 0 Å². The van der Waals surface area contributed by atoms with Gasteiger partial charge in [0.2, 0.25) is 5.89 Å².